The van der Waals surface area contributed by atoms with E-state index >= 15 is 0 Å². The van der Waals surface area contributed by atoms with Crippen molar-refractivity contribution in [2.75, 3.05) is 53.4 Å². The van der Waals surface area contributed by atoms with Crippen molar-refractivity contribution < 1.29 is 38.4 Å². The standard InChI is InChI=1S/C70H96N10O8/c1-47(71-5)63(81)75-61(55-25-15-9-16-26-55)69(87)79-41-19-29-59(79)45-77(43-39-51-21-11-7-12-22-51)67(85)49(3)73-65(83)57-35-31-53(32-36-57)54-33-37-58(38-34-54)66(84)74-50(4)68(86)78(44-40-52-23-13-8-14-24-52)46-60-30-20-42-80(60)70(88)62(56-27-17-10-18-28-56)76-64(82)48(2)72-6/h7-8,11-14,21-24,31-38,47-50,55-56,59-62,71-72H,9-10,15-20,25-30,39-46H2,1-6H3,(H,73,83)(H,74,84)(H,75,81)(H,76,82)/t47-,48-,49-,50-,59-,60-,61-,62-/m0/s1. The van der Waals surface area contributed by atoms with Gasteiger partial charge < -0.3 is 51.5 Å². The fourth-order valence-corrected chi connectivity index (χ4v) is 13.3. The molecule has 2 saturated heterocycles. The quantitative estimate of drug-likeness (QED) is 0.0357. The molecule has 4 fully saturated rings. The van der Waals surface area contributed by atoms with Crippen LogP contribution in [-0.2, 0) is 41.6 Å². The average Bonchev–Trinajstić information content (AvgIpc) is 4.06. The average molecular weight is 1210 g/mol. The molecule has 0 unspecified atom stereocenters. The first-order chi connectivity index (χ1) is 42.5. The maximum absolute atomic E-state index is 14.6. The fourth-order valence-electron chi connectivity index (χ4n) is 13.3. The van der Waals surface area contributed by atoms with Crippen LogP contribution in [0.4, 0.5) is 0 Å². The summed E-state index contributed by atoms with van der Waals surface area (Å²) in [5.41, 5.74) is 4.45. The Labute approximate surface area is 521 Å². The van der Waals surface area contributed by atoms with Gasteiger partial charge in [-0.05, 0) is 164 Å². The van der Waals surface area contributed by atoms with Gasteiger partial charge in [0.25, 0.3) is 11.8 Å². The van der Waals surface area contributed by atoms with Crippen LogP contribution in [0, 0.1) is 11.8 Å². The highest BCUT2D eigenvalue weighted by molar-refractivity contribution is 5.99. The molecule has 4 aliphatic rings. The predicted octanol–water partition coefficient (Wildman–Crippen LogP) is 7.06. The zero-order valence-electron chi connectivity index (χ0n) is 52.8. The Balaban J connectivity index is 0.887. The number of amides is 8. The number of carbonyl (C=O) groups is 8. The van der Waals surface area contributed by atoms with Gasteiger partial charge in [0, 0.05) is 62.5 Å². The molecule has 0 radical (unpaired) electrons. The SMILES string of the molecule is CN[C@@H](C)C(=O)N[C@H](C(=O)N1CCC[C@H]1CN(CCc1ccccc1)C(=O)[C@H](C)NC(=O)c1ccc(-c2ccc(C(=O)N[C@@H](C)C(=O)N(CCc3ccccc3)C[C@@H]3CCCN3C(=O)[C@@H](NC(=O)[C@H](C)NC)C3CCCCC3)cc2)cc1)C1CCCCC1. The summed E-state index contributed by atoms with van der Waals surface area (Å²) in [5.74, 6) is -1.85. The highest BCUT2D eigenvalue weighted by Crippen LogP contribution is 2.32. The minimum absolute atomic E-state index is 0.0431. The Hall–Kier alpha value is -7.44. The molecule has 0 aromatic heterocycles. The van der Waals surface area contributed by atoms with Gasteiger partial charge in [-0.25, -0.2) is 0 Å². The number of likely N-dealkylation sites (tertiary alicyclic amines) is 2. The van der Waals surface area contributed by atoms with Crippen LogP contribution in [0.5, 0.6) is 0 Å². The van der Waals surface area contributed by atoms with E-state index in [0.717, 1.165) is 99.3 Å². The highest BCUT2D eigenvalue weighted by Gasteiger charge is 2.42. The Morgan fingerprint density at radius 1 is 0.432 bits per heavy atom. The monoisotopic (exact) mass is 1200 g/mol. The van der Waals surface area contributed by atoms with Gasteiger partial charge in [-0.15, -0.1) is 0 Å². The van der Waals surface area contributed by atoms with Crippen molar-refractivity contribution in [3.8, 4) is 11.1 Å². The minimum atomic E-state index is -0.883. The summed E-state index contributed by atoms with van der Waals surface area (Å²) in [5, 5.41) is 18.1. The van der Waals surface area contributed by atoms with E-state index < -0.39 is 48.1 Å². The topological polar surface area (TPSA) is 222 Å². The van der Waals surface area contributed by atoms with Crippen molar-refractivity contribution >= 4 is 47.3 Å². The van der Waals surface area contributed by atoms with E-state index in [0.29, 0.717) is 76.1 Å². The molecule has 8 atom stereocenters. The molecule has 6 N–H and O–H groups in total. The van der Waals surface area contributed by atoms with Gasteiger partial charge in [0.05, 0.1) is 12.1 Å². The summed E-state index contributed by atoms with van der Waals surface area (Å²) >= 11 is 0. The van der Waals surface area contributed by atoms with Crippen molar-refractivity contribution in [2.45, 2.75) is 179 Å². The lowest BCUT2D eigenvalue weighted by molar-refractivity contribution is -0.141. The lowest BCUT2D eigenvalue weighted by atomic mass is 9.83. The molecule has 474 valence electrons. The van der Waals surface area contributed by atoms with E-state index in [1.165, 1.54) is 0 Å². The molecule has 18 nitrogen and oxygen atoms in total. The smallest absolute Gasteiger partial charge is 0.251 e. The van der Waals surface area contributed by atoms with Crippen molar-refractivity contribution in [2.24, 2.45) is 11.8 Å². The fraction of sp³-hybridized carbons (Fsp3) is 0.543. The van der Waals surface area contributed by atoms with E-state index in [1.807, 2.05) is 94.7 Å². The summed E-state index contributed by atoms with van der Waals surface area (Å²) in [7, 11) is 3.45. The first-order valence-corrected chi connectivity index (χ1v) is 32.6. The highest BCUT2D eigenvalue weighted by atomic mass is 16.2. The minimum Gasteiger partial charge on any atom is -0.343 e. The zero-order valence-corrected chi connectivity index (χ0v) is 52.8. The summed E-state index contributed by atoms with van der Waals surface area (Å²) in [6, 6.07) is 29.5. The molecule has 0 spiro atoms. The molecule has 0 bridgehead atoms. The molecule has 88 heavy (non-hydrogen) atoms. The van der Waals surface area contributed by atoms with Crippen molar-refractivity contribution in [3.05, 3.63) is 131 Å². The van der Waals surface area contributed by atoms with Gasteiger partial charge in [-0.2, -0.15) is 0 Å². The van der Waals surface area contributed by atoms with Crippen LogP contribution in [0.3, 0.4) is 0 Å². The van der Waals surface area contributed by atoms with Crippen LogP contribution in [-0.4, -0.2) is 169 Å². The molecule has 8 rings (SSSR count). The summed E-state index contributed by atoms with van der Waals surface area (Å²) < 4.78 is 0. The van der Waals surface area contributed by atoms with E-state index in [4.69, 9.17) is 0 Å². The Morgan fingerprint density at radius 3 is 1.12 bits per heavy atom. The third kappa shape index (κ3) is 17.9. The molecular weight excluding hydrogens is 1110 g/mol. The maximum atomic E-state index is 14.6. The summed E-state index contributed by atoms with van der Waals surface area (Å²) in [6.07, 6.45) is 14.0. The van der Waals surface area contributed by atoms with E-state index in [-0.39, 0.29) is 59.4 Å². The lowest BCUT2D eigenvalue weighted by Gasteiger charge is -2.37. The second-order valence-corrected chi connectivity index (χ2v) is 25.0. The van der Waals surface area contributed by atoms with Crippen LogP contribution in [0.2, 0.25) is 0 Å². The van der Waals surface area contributed by atoms with Crippen molar-refractivity contribution in [1.82, 2.24) is 51.5 Å². The second-order valence-electron chi connectivity index (χ2n) is 25.0. The van der Waals surface area contributed by atoms with Crippen molar-refractivity contribution in [3.63, 3.8) is 0 Å². The zero-order chi connectivity index (χ0) is 62.7. The Kier molecular flexibility index (Phi) is 24.7. The van der Waals surface area contributed by atoms with Crippen LogP contribution >= 0.6 is 0 Å². The largest absolute Gasteiger partial charge is 0.343 e. The van der Waals surface area contributed by atoms with Gasteiger partial charge in [0.15, 0.2) is 0 Å². The summed E-state index contributed by atoms with van der Waals surface area (Å²) in [6.45, 7) is 9.39. The third-order valence-electron chi connectivity index (χ3n) is 18.9. The van der Waals surface area contributed by atoms with Gasteiger partial charge >= 0.3 is 0 Å². The van der Waals surface area contributed by atoms with E-state index in [9.17, 15) is 38.4 Å². The molecule has 4 aromatic rings. The Bertz CT molecular complexity index is 2750. The van der Waals surface area contributed by atoms with Gasteiger partial charge in [-0.1, -0.05) is 123 Å². The number of nitrogens with zero attached hydrogens (tertiary/aromatic N) is 4. The second kappa shape index (κ2) is 32.7. The van der Waals surface area contributed by atoms with Crippen LogP contribution in [0.1, 0.15) is 149 Å². The first kappa shape index (κ1) is 66.5. The number of hydrogen-bond donors (Lipinski definition) is 6. The van der Waals surface area contributed by atoms with Gasteiger partial charge in [0.2, 0.25) is 35.4 Å². The van der Waals surface area contributed by atoms with Gasteiger partial charge in [-0.3, -0.25) is 38.4 Å². The number of benzene rings is 4. The van der Waals surface area contributed by atoms with Crippen LogP contribution < -0.4 is 31.9 Å². The number of likely N-dealkylation sites (N-methyl/N-ethyl adjacent to an activating group) is 2. The number of nitrogens with one attached hydrogen (secondary N) is 6. The molecule has 2 aliphatic heterocycles. The number of carbonyl (C=O) groups excluding carboxylic acids is 8. The number of rotatable bonds is 27. The molecule has 2 saturated carbocycles. The maximum Gasteiger partial charge on any atom is 0.251 e. The third-order valence-corrected chi connectivity index (χ3v) is 18.9. The van der Waals surface area contributed by atoms with E-state index in [1.54, 1.807) is 75.9 Å². The molecule has 18 heteroatoms. The first-order valence-electron chi connectivity index (χ1n) is 32.6. The molecule has 4 aromatic carbocycles. The van der Waals surface area contributed by atoms with Crippen LogP contribution in [0.15, 0.2) is 109 Å². The molecule has 2 aliphatic carbocycles. The Morgan fingerprint density at radius 2 is 0.784 bits per heavy atom. The van der Waals surface area contributed by atoms with Crippen LogP contribution in [0.25, 0.3) is 11.1 Å². The molecule has 2 heterocycles. The predicted molar refractivity (Wildman–Crippen MR) is 343 cm³/mol. The molecular formula is C70H96N10O8. The lowest BCUT2D eigenvalue weighted by Crippen LogP contribution is -2.58. The van der Waals surface area contributed by atoms with E-state index in [2.05, 4.69) is 31.9 Å². The van der Waals surface area contributed by atoms with Gasteiger partial charge in [0.1, 0.15) is 24.2 Å². The molecule has 8 amide bonds. The normalized spacial score (nSPS) is 19.3. The van der Waals surface area contributed by atoms with Crippen molar-refractivity contribution in [1.29, 1.82) is 0 Å². The number of hydrogen-bond acceptors (Lipinski definition) is 10. The summed E-state index contributed by atoms with van der Waals surface area (Å²) in [4.78, 5) is 120.